The molecule has 0 aromatic carbocycles. The monoisotopic (exact) mass is 210 g/mol. The van der Waals surface area contributed by atoms with Crippen LogP contribution < -0.4 is 4.74 Å². The molecule has 0 spiro atoms. The molecule has 1 heterocycles. The van der Waals surface area contributed by atoms with E-state index in [9.17, 15) is 0 Å². The quantitative estimate of drug-likeness (QED) is 0.702. The van der Waals surface area contributed by atoms with Crippen LogP contribution in [0.15, 0.2) is 18.5 Å². The number of nitriles is 1. The van der Waals surface area contributed by atoms with Crippen molar-refractivity contribution in [3.8, 4) is 11.8 Å². The average Bonchev–Trinajstić information content (AvgIpc) is 2.18. The minimum atomic E-state index is 0.569. The fraction of sp³-hybridized carbons (Fsp3) is 0.400. The molecule has 74 valence electrons. The molecule has 0 aliphatic heterocycles. The molecule has 1 rings (SSSR count). The Labute approximate surface area is 88.3 Å². The van der Waals surface area contributed by atoms with E-state index in [1.165, 1.54) is 0 Å². The Kier molecular flexibility index (Phi) is 4.81. The third-order valence-corrected chi connectivity index (χ3v) is 1.84. The highest BCUT2D eigenvalue weighted by atomic mass is 35.5. The van der Waals surface area contributed by atoms with Crippen molar-refractivity contribution in [3.63, 3.8) is 0 Å². The number of unbranched alkanes of at least 4 members (excludes halogenated alkanes) is 2. The van der Waals surface area contributed by atoms with Crippen LogP contribution in [0.1, 0.15) is 19.3 Å². The van der Waals surface area contributed by atoms with Crippen molar-refractivity contribution in [3.05, 3.63) is 23.5 Å². The Morgan fingerprint density at radius 2 is 2.29 bits per heavy atom. The van der Waals surface area contributed by atoms with Crippen LogP contribution in [0.5, 0.6) is 5.75 Å². The summed E-state index contributed by atoms with van der Waals surface area (Å²) >= 11 is 5.72. The third-order valence-electron chi connectivity index (χ3n) is 1.63. The van der Waals surface area contributed by atoms with Gasteiger partial charge in [0, 0.05) is 18.7 Å². The SMILES string of the molecule is N#CCCCCOc1cncc(Cl)c1. The van der Waals surface area contributed by atoms with E-state index in [0.29, 0.717) is 23.8 Å². The summed E-state index contributed by atoms with van der Waals surface area (Å²) in [7, 11) is 0. The van der Waals surface area contributed by atoms with Gasteiger partial charge in [-0.3, -0.25) is 4.98 Å². The number of halogens is 1. The standard InChI is InChI=1S/C10H11ClN2O/c11-9-6-10(8-13-7-9)14-5-3-1-2-4-12/h6-8H,1-3,5H2. The summed E-state index contributed by atoms with van der Waals surface area (Å²) in [4.78, 5) is 3.89. The van der Waals surface area contributed by atoms with Crippen molar-refractivity contribution in [1.82, 2.24) is 4.98 Å². The lowest BCUT2D eigenvalue weighted by Gasteiger charge is -2.04. The van der Waals surface area contributed by atoms with Crippen LogP contribution in [-0.2, 0) is 0 Å². The normalized spacial score (nSPS) is 9.43. The maximum Gasteiger partial charge on any atom is 0.139 e. The van der Waals surface area contributed by atoms with Crippen LogP contribution in [0.4, 0.5) is 0 Å². The minimum absolute atomic E-state index is 0.569. The lowest BCUT2D eigenvalue weighted by molar-refractivity contribution is 0.306. The number of ether oxygens (including phenoxy) is 1. The largest absolute Gasteiger partial charge is 0.492 e. The lowest BCUT2D eigenvalue weighted by Crippen LogP contribution is -1.97. The van der Waals surface area contributed by atoms with Gasteiger partial charge in [0.2, 0.25) is 0 Å². The molecular formula is C10H11ClN2O. The first-order valence-electron chi connectivity index (χ1n) is 4.43. The summed E-state index contributed by atoms with van der Waals surface area (Å²) in [5.41, 5.74) is 0. The molecule has 0 amide bonds. The zero-order chi connectivity index (χ0) is 10.2. The molecule has 14 heavy (non-hydrogen) atoms. The lowest BCUT2D eigenvalue weighted by atomic mass is 10.3. The highest BCUT2D eigenvalue weighted by Crippen LogP contribution is 2.15. The zero-order valence-electron chi connectivity index (χ0n) is 7.74. The predicted molar refractivity (Wildman–Crippen MR) is 54.2 cm³/mol. The smallest absolute Gasteiger partial charge is 0.139 e. The van der Waals surface area contributed by atoms with Crippen molar-refractivity contribution in [2.75, 3.05) is 6.61 Å². The van der Waals surface area contributed by atoms with E-state index in [2.05, 4.69) is 11.1 Å². The molecule has 0 saturated carbocycles. The van der Waals surface area contributed by atoms with Crippen LogP contribution >= 0.6 is 11.6 Å². The average molecular weight is 211 g/mol. The molecule has 1 aromatic rings. The number of aromatic nitrogens is 1. The molecule has 0 atom stereocenters. The maximum absolute atomic E-state index is 8.30. The van der Waals surface area contributed by atoms with Crippen LogP contribution in [0.25, 0.3) is 0 Å². The molecule has 0 radical (unpaired) electrons. The summed E-state index contributed by atoms with van der Waals surface area (Å²) in [5.74, 6) is 0.675. The van der Waals surface area contributed by atoms with Gasteiger partial charge in [0.25, 0.3) is 0 Å². The van der Waals surface area contributed by atoms with Gasteiger partial charge in [-0.15, -0.1) is 0 Å². The number of hydrogen-bond acceptors (Lipinski definition) is 3. The molecule has 1 aromatic heterocycles. The van der Waals surface area contributed by atoms with Crippen molar-refractivity contribution >= 4 is 11.6 Å². The molecule has 4 heteroatoms. The van der Waals surface area contributed by atoms with Crippen LogP contribution in [0.2, 0.25) is 5.02 Å². The molecule has 0 saturated heterocycles. The molecular weight excluding hydrogens is 200 g/mol. The Bertz CT molecular complexity index is 322. The van der Waals surface area contributed by atoms with Gasteiger partial charge in [0.05, 0.1) is 23.9 Å². The summed E-state index contributed by atoms with van der Waals surface area (Å²) in [6, 6.07) is 3.81. The summed E-state index contributed by atoms with van der Waals surface area (Å²) in [6.07, 6.45) is 5.50. The van der Waals surface area contributed by atoms with Crippen LogP contribution in [0, 0.1) is 11.3 Å². The van der Waals surface area contributed by atoms with Gasteiger partial charge in [-0.1, -0.05) is 11.6 Å². The minimum Gasteiger partial charge on any atom is -0.492 e. The topological polar surface area (TPSA) is 45.9 Å². The first-order valence-corrected chi connectivity index (χ1v) is 4.81. The van der Waals surface area contributed by atoms with E-state index in [1.54, 1.807) is 18.5 Å². The number of hydrogen-bond donors (Lipinski definition) is 0. The van der Waals surface area contributed by atoms with Crippen LogP contribution in [0.3, 0.4) is 0 Å². The van der Waals surface area contributed by atoms with Crippen molar-refractivity contribution in [2.45, 2.75) is 19.3 Å². The highest BCUT2D eigenvalue weighted by molar-refractivity contribution is 6.30. The van der Waals surface area contributed by atoms with E-state index in [0.717, 1.165) is 12.8 Å². The van der Waals surface area contributed by atoms with Crippen molar-refractivity contribution in [1.29, 1.82) is 5.26 Å². The van der Waals surface area contributed by atoms with Gasteiger partial charge in [0.15, 0.2) is 0 Å². The van der Waals surface area contributed by atoms with Crippen molar-refractivity contribution < 1.29 is 4.74 Å². The van der Waals surface area contributed by atoms with Crippen molar-refractivity contribution in [2.24, 2.45) is 0 Å². The fourth-order valence-corrected chi connectivity index (χ4v) is 1.13. The third kappa shape index (κ3) is 4.11. The molecule has 3 nitrogen and oxygen atoms in total. The summed E-state index contributed by atoms with van der Waals surface area (Å²) < 4.78 is 5.38. The summed E-state index contributed by atoms with van der Waals surface area (Å²) in [6.45, 7) is 0.601. The Balaban J connectivity index is 2.22. The molecule has 0 fully saturated rings. The van der Waals surface area contributed by atoms with E-state index in [-0.39, 0.29) is 0 Å². The molecule has 0 N–H and O–H groups in total. The molecule has 0 aliphatic carbocycles. The van der Waals surface area contributed by atoms with Crippen LogP contribution in [-0.4, -0.2) is 11.6 Å². The predicted octanol–water partition coefficient (Wildman–Crippen LogP) is 2.81. The number of nitrogens with zero attached hydrogens (tertiary/aromatic N) is 2. The van der Waals surface area contributed by atoms with Gasteiger partial charge < -0.3 is 4.74 Å². The van der Waals surface area contributed by atoms with Gasteiger partial charge in [0.1, 0.15) is 5.75 Å². The molecule has 0 aliphatic rings. The zero-order valence-corrected chi connectivity index (χ0v) is 8.50. The van der Waals surface area contributed by atoms with E-state index in [4.69, 9.17) is 21.6 Å². The number of pyridine rings is 1. The van der Waals surface area contributed by atoms with Gasteiger partial charge >= 0.3 is 0 Å². The Hall–Kier alpha value is -1.27. The molecule has 0 unspecified atom stereocenters. The van der Waals surface area contributed by atoms with Gasteiger partial charge in [-0.25, -0.2) is 0 Å². The molecule has 0 bridgehead atoms. The second-order valence-corrected chi connectivity index (χ2v) is 3.24. The van der Waals surface area contributed by atoms with E-state index in [1.807, 2.05) is 0 Å². The fourth-order valence-electron chi connectivity index (χ4n) is 0.967. The Morgan fingerprint density at radius 1 is 1.43 bits per heavy atom. The first kappa shape index (κ1) is 10.8. The summed E-state index contributed by atoms with van der Waals surface area (Å²) in [5, 5.41) is 8.87. The first-order chi connectivity index (χ1) is 6.83. The van der Waals surface area contributed by atoms with E-state index >= 15 is 0 Å². The van der Waals surface area contributed by atoms with Gasteiger partial charge in [-0.2, -0.15) is 5.26 Å². The maximum atomic E-state index is 8.30. The Morgan fingerprint density at radius 3 is 3.00 bits per heavy atom. The second kappa shape index (κ2) is 6.22. The van der Waals surface area contributed by atoms with Gasteiger partial charge in [-0.05, 0) is 12.8 Å². The second-order valence-electron chi connectivity index (χ2n) is 2.80. The highest BCUT2D eigenvalue weighted by Gasteiger charge is 1.95. The number of rotatable bonds is 5. The van der Waals surface area contributed by atoms with E-state index < -0.39 is 0 Å².